The average molecular weight is 251 g/mol. The summed E-state index contributed by atoms with van der Waals surface area (Å²) in [6.07, 6.45) is 1.64. The Balaban J connectivity index is 2.64. The van der Waals surface area contributed by atoms with Crippen LogP contribution in [-0.2, 0) is 20.8 Å². The van der Waals surface area contributed by atoms with Gasteiger partial charge in [0.15, 0.2) is 0 Å². The first-order chi connectivity index (χ1) is 8.19. The smallest absolute Gasteiger partial charge is 0.234 e. The lowest BCUT2D eigenvalue weighted by Crippen LogP contribution is -2.12. The number of rotatable bonds is 6. The predicted molar refractivity (Wildman–Crippen MR) is 68.2 cm³/mol. The van der Waals surface area contributed by atoms with Crippen LogP contribution in [0.4, 0.5) is 5.69 Å². The van der Waals surface area contributed by atoms with Crippen molar-refractivity contribution >= 4 is 36.8 Å². The molecule has 4 nitrogen and oxygen atoms in total. The van der Waals surface area contributed by atoms with Gasteiger partial charge in [-0.1, -0.05) is 12.1 Å². The highest BCUT2D eigenvalue weighted by Crippen LogP contribution is 2.12. The number of nitrogens with one attached hydrogen (secondary N) is 1. The summed E-state index contributed by atoms with van der Waals surface area (Å²) in [6.45, 7) is 0. The van der Waals surface area contributed by atoms with Crippen molar-refractivity contribution < 1.29 is 14.4 Å². The highest BCUT2D eigenvalue weighted by molar-refractivity contribution is 7.81. The number of hydrogen-bond acceptors (Lipinski definition) is 4. The maximum Gasteiger partial charge on any atom is 0.234 e. The van der Waals surface area contributed by atoms with Crippen molar-refractivity contribution in [3.05, 3.63) is 29.8 Å². The first-order valence-electron chi connectivity index (χ1n) is 5.10. The fourth-order valence-electron chi connectivity index (χ4n) is 1.33. The van der Waals surface area contributed by atoms with Crippen molar-refractivity contribution in [2.75, 3.05) is 11.1 Å². The number of amides is 1. The normalized spacial score (nSPS) is 10.0. The van der Waals surface area contributed by atoms with Gasteiger partial charge in [0.05, 0.1) is 11.7 Å². The number of aldehydes is 2. The summed E-state index contributed by atoms with van der Waals surface area (Å²) in [6, 6.07) is 6.99. The zero-order valence-corrected chi connectivity index (χ0v) is 10.0. The van der Waals surface area contributed by atoms with Crippen LogP contribution in [0.2, 0.25) is 0 Å². The molecule has 5 heteroatoms. The number of benzene rings is 1. The van der Waals surface area contributed by atoms with Crippen LogP contribution >= 0.6 is 12.6 Å². The van der Waals surface area contributed by atoms with Crippen molar-refractivity contribution in [3.8, 4) is 0 Å². The zero-order valence-electron chi connectivity index (χ0n) is 9.13. The third-order valence-corrected chi connectivity index (χ3v) is 2.49. The van der Waals surface area contributed by atoms with Gasteiger partial charge in [-0.3, -0.25) is 4.79 Å². The molecule has 0 fully saturated rings. The molecule has 0 saturated heterocycles. The van der Waals surface area contributed by atoms with E-state index in [4.69, 9.17) is 0 Å². The van der Waals surface area contributed by atoms with E-state index < -0.39 is 5.92 Å². The van der Waals surface area contributed by atoms with Crippen molar-refractivity contribution in [1.29, 1.82) is 0 Å². The molecule has 1 amide bonds. The van der Waals surface area contributed by atoms with Crippen LogP contribution in [0, 0.1) is 5.92 Å². The Labute approximate surface area is 105 Å². The van der Waals surface area contributed by atoms with Crippen LogP contribution in [-0.4, -0.2) is 24.2 Å². The second-order valence-electron chi connectivity index (χ2n) is 3.54. The van der Waals surface area contributed by atoms with E-state index in [-0.39, 0.29) is 11.7 Å². The van der Waals surface area contributed by atoms with Gasteiger partial charge in [-0.2, -0.15) is 12.6 Å². The van der Waals surface area contributed by atoms with Crippen molar-refractivity contribution in [2.24, 2.45) is 5.92 Å². The lowest BCUT2D eigenvalue weighted by molar-refractivity contribution is -0.119. The molecule has 0 radical (unpaired) electrons. The molecule has 0 bridgehead atoms. The minimum Gasteiger partial charge on any atom is -0.325 e. The van der Waals surface area contributed by atoms with Gasteiger partial charge in [-0.25, -0.2) is 0 Å². The molecule has 0 saturated carbocycles. The van der Waals surface area contributed by atoms with Gasteiger partial charge in [-0.05, 0) is 24.1 Å². The largest absolute Gasteiger partial charge is 0.325 e. The van der Waals surface area contributed by atoms with Crippen LogP contribution in [0.5, 0.6) is 0 Å². The van der Waals surface area contributed by atoms with E-state index in [9.17, 15) is 14.4 Å². The fraction of sp³-hybridized carbons (Fsp3) is 0.250. The molecule has 1 aromatic carbocycles. The van der Waals surface area contributed by atoms with E-state index in [0.717, 1.165) is 5.56 Å². The van der Waals surface area contributed by atoms with Crippen LogP contribution < -0.4 is 5.32 Å². The second-order valence-corrected chi connectivity index (χ2v) is 3.86. The van der Waals surface area contributed by atoms with Gasteiger partial charge in [0.2, 0.25) is 5.91 Å². The summed E-state index contributed by atoms with van der Waals surface area (Å²) >= 11 is 3.85. The van der Waals surface area contributed by atoms with Crippen LogP contribution in [0.1, 0.15) is 5.56 Å². The molecule has 0 aliphatic heterocycles. The average Bonchev–Trinajstić information content (AvgIpc) is 2.37. The van der Waals surface area contributed by atoms with Gasteiger partial charge >= 0.3 is 0 Å². The van der Waals surface area contributed by atoms with Crippen molar-refractivity contribution in [2.45, 2.75) is 6.42 Å². The van der Waals surface area contributed by atoms with Crippen molar-refractivity contribution in [1.82, 2.24) is 0 Å². The van der Waals surface area contributed by atoms with Crippen LogP contribution in [0.15, 0.2) is 24.3 Å². The molecule has 0 atom stereocenters. The molecule has 0 aliphatic rings. The summed E-state index contributed by atoms with van der Waals surface area (Å²) in [4.78, 5) is 32.0. The molecule has 17 heavy (non-hydrogen) atoms. The highest BCUT2D eigenvalue weighted by atomic mass is 32.1. The fourth-order valence-corrected chi connectivity index (χ4v) is 1.40. The first kappa shape index (κ1) is 13.4. The summed E-state index contributed by atoms with van der Waals surface area (Å²) in [5, 5.41) is 2.65. The number of hydrogen-bond donors (Lipinski definition) is 2. The number of carbonyl (C=O) groups excluding carboxylic acids is 3. The Morgan fingerprint density at radius 2 is 1.82 bits per heavy atom. The predicted octanol–water partition coefficient (Wildman–Crippen LogP) is 1.11. The molecule has 90 valence electrons. The second kappa shape index (κ2) is 6.85. The van der Waals surface area contributed by atoms with E-state index in [1.54, 1.807) is 24.3 Å². The number of carbonyl (C=O) groups is 3. The monoisotopic (exact) mass is 251 g/mol. The first-order valence-corrected chi connectivity index (χ1v) is 5.73. The summed E-state index contributed by atoms with van der Waals surface area (Å²) in [5.41, 5.74) is 1.54. The summed E-state index contributed by atoms with van der Waals surface area (Å²) in [7, 11) is 0. The van der Waals surface area contributed by atoms with Crippen molar-refractivity contribution in [3.63, 3.8) is 0 Å². The number of thiol groups is 1. The van der Waals surface area contributed by atoms with Gasteiger partial charge in [0, 0.05) is 5.69 Å². The Kier molecular flexibility index (Phi) is 5.42. The van der Waals surface area contributed by atoms with Crippen LogP contribution in [0.25, 0.3) is 0 Å². The SMILES string of the molecule is O=CC(C=O)Cc1ccc(NC(=O)CS)cc1. The molecular formula is C12H13NO3S. The Morgan fingerprint density at radius 3 is 2.29 bits per heavy atom. The minimum absolute atomic E-state index is 0.125. The lowest BCUT2D eigenvalue weighted by atomic mass is 10.0. The standard InChI is InChI=1S/C12H13NO3S/c14-6-10(7-15)5-9-1-3-11(4-2-9)13-12(16)8-17/h1-4,6-7,10,17H,5,8H2,(H,13,16). The molecule has 1 rings (SSSR count). The van der Waals surface area contributed by atoms with Gasteiger partial charge in [0.25, 0.3) is 0 Å². The third-order valence-electron chi connectivity index (χ3n) is 2.20. The maximum atomic E-state index is 11.1. The Hall–Kier alpha value is -1.62. The van der Waals surface area contributed by atoms with Gasteiger partial charge < -0.3 is 14.9 Å². The molecular weight excluding hydrogens is 238 g/mol. The maximum absolute atomic E-state index is 11.1. The van der Waals surface area contributed by atoms with E-state index in [2.05, 4.69) is 17.9 Å². The molecule has 0 aliphatic carbocycles. The highest BCUT2D eigenvalue weighted by Gasteiger charge is 2.06. The Morgan fingerprint density at radius 1 is 1.24 bits per heavy atom. The third kappa shape index (κ3) is 4.40. The lowest BCUT2D eigenvalue weighted by Gasteiger charge is -2.06. The quantitative estimate of drug-likeness (QED) is 0.452. The van der Waals surface area contributed by atoms with E-state index in [1.807, 2.05) is 0 Å². The molecule has 1 N–H and O–H groups in total. The molecule has 1 aromatic rings. The topological polar surface area (TPSA) is 63.2 Å². The van der Waals surface area contributed by atoms with Gasteiger partial charge in [0.1, 0.15) is 12.6 Å². The number of anilines is 1. The summed E-state index contributed by atoms with van der Waals surface area (Å²) in [5.74, 6) is -0.659. The van der Waals surface area contributed by atoms with E-state index >= 15 is 0 Å². The van der Waals surface area contributed by atoms with E-state index in [1.165, 1.54) is 0 Å². The Bertz CT molecular complexity index is 395. The molecule has 0 aromatic heterocycles. The molecule has 0 unspecified atom stereocenters. The molecule has 0 spiro atoms. The van der Waals surface area contributed by atoms with Crippen LogP contribution in [0.3, 0.4) is 0 Å². The zero-order chi connectivity index (χ0) is 12.7. The summed E-state index contributed by atoms with van der Waals surface area (Å²) < 4.78 is 0. The van der Waals surface area contributed by atoms with Gasteiger partial charge in [-0.15, -0.1) is 0 Å². The minimum atomic E-state index is -0.604. The van der Waals surface area contributed by atoms with E-state index in [0.29, 0.717) is 24.7 Å². The molecule has 0 heterocycles.